The molecule has 2 N–H and O–H groups in total. The van der Waals surface area contributed by atoms with Gasteiger partial charge < -0.3 is 10.6 Å². The Balaban J connectivity index is 1.59. The largest absolute Gasteiger partial charge is 0.356 e. The molecule has 2 rings (SSSR count). The molecule has 18 heavy (non-hydrogen) atoms. The molecule has 1 aromatic carbocycles. The van der Waals surface area contributed by atoms with Crippen LogP contribution >= 0.6 is 0 Å². The van der Waals surface area contributed by atoms with E-state index in [0.29, 0.717) is 12.5 Å². The molecule has 1 aromatic rings. The highest BCUT2D eigenvalue weighted by molar-refractivity contribution is 5.76. The fraction of sp³-hybridized carbons (Fsp3) is 0.533. The smallest absolute Gasteiger partial charge is 0.221 e. The summed E-state index contributed by atoms with van der Waals surface area (Å²) < 4.78 is 0. The predicted octanol–water partition coefficient (Wildman–Crippen LogP) is 1.80. The normalized spacial score (nSPS) is 14.5. The van der Waals surface area contributed by atoms with E-state index in [9.17, 15) is 4.79 Å². The fourth-order valence-corrected chi connectivity index (χ4v) is 1.99. The summed E-state index contributed by atoms with van der Waals surface area (Å²) in [5, 5.41) is 6.32. The molecule has 0 bridgehead atoms. The zero-order valence-corrected chi connectivity index (χ0v) is 11.0. The zero-order chi connectivity index (χ0) is 12.8. The van der Waals surface area contributed by atoms with Crippen molar-refractivity contribution in [1.82, 2.24) is 10.6 Å². The number of carbonyl (C=O) groups excluding carboxylic acids is 1. The summed E-state index contributed by atoms with van der Waals surface area (Å²) in [4.78, 5) is 11.6. The molecule has 0 radical (unpaired) electrons. The van der Waals surface area contributed by atoms with Gasteiger partial charge in [-0.25, -0.2) is 0 Å². The Labute approximate surface area is 109 Å². The summed E-state index contributed by atoms with van der Waals surface area (Å²) in [6.45, 7) is 3.64. The van der Waals surface area contributed by atoms with Crippen molar-refractivity contribution in [3.8, 4) is 0 Å². The molecule has 98 valence electrons. The van der Waals surface area contributed by atoms with Gasteiger partial charge >= 0.3 is 0 Å². The zero-order valence-electron chi connectivity index (χ0n) is 11.0. The summed E-state index contributed by atoms with van der Waals surface area (Å²) in [6.07, 6.45) is 4.04. The van der Waals surface area contributed by atoms with Crippen LogP contribution in [0.15, 0.2) is 24.3 Å². The van der Waals surface area contributed by atoms with Crippen LogP contribution in [0.25, 0.3) is 0 Å². The fourth-order valence-electron chi connectivity index (χ4n) is 1.99. The van der Waals surface area contributed by atoms with E-state index in [0.717, 1.165) is 19.5 Å². The van der Waals surface area contributed by atoms with Gasteiger partial charge in [0.25, 0.3) is 0 Å². The first kappa shape index (κ1) is 13.1. The van der Waals surface area contributed by atoms with Crippen LogP contribution in [0.4, 0.5) is 0 Å². The van der Waals surface area contributed by atoms with Crippen LogP contribution < -0.4 is 10.6 Å². The SMILES string of the molecule is Cc1ccccc1CCNC(=O)CCNC1CC1. The molecule has 0 aromatic heterocycles. The molecule has 0 aliphatic heterocycles. The van der Waals surface area contributed by atoms with Crippen LogP contribution in [0, 0.1) is 6.92 Å². The second kappa shape index (κ2) is 6.55. The van der Waals surface area contributed by atoms with Crippen molar-refractivity contribution >= 4 is 5.91 Å². The first-order valence-corrected chi connectivity index (χ1v) is 6.80. The van der Waals surface area contributed by atoms with Gasteiger partial charge in [-0.1, -0.05) is 24.3 Å². The average molecular weight is 246 g/mol. The third-order valence-electron chi connectivity index (χ3n) is 3.34. The molecule has 1 fully saturated rings. The summed E-state index contributed by atoms with van der Waals surface area (Å²) in [5.74, 6) is 0.150. The monoisotopic (exact) mass is 246 g/mol. The van der Waals surface area contributed by atoms with Crippen molar-refractivity contribution in [3.63, 3.8) is 0 Å². The Morgan fingerprint density at radius 1 is 1.28 bits per heavy atom. The Kier molecular flexibility index (Phi) is 4.76. The van der Waals surface area contributed by atoms with Crippen molar-refractivity contribution in [1.29, 1.82) is 0 Å². The minimum atomic E-state index is 0.150. The molecule has 1 amide bonds. The standard InChI is InChI=1S/C15H22N2O/c1-12-4-2-3-5-13(12)8-10-17-15(18)9-11-16-14-6-7-14/h2-5,14,16H,6-11H2,1H3,(H,17,18). The van der Waals surface area contributed by atoms with E-state index >= 15 is 0 Å². The molecular weight excluding hydrogens is 224 g/mol. The van der Waals surface area contributed by atoms with E-state index < -0.39 is 0 Å². The van der Waals surface area contributed by atoms with Crippen molar-refractivity contribution in [2.24, 2.45) is 0 Å². The molecule has 0 spiro atoms. The Hall–Kier alpha value is -1.35. The number of rotatable bonds is 7. The van der Waals surface area contributed by atoms with Gasteiger partial charge in [0, 0.05) is 25.6 Å². The second-order valence-electron chi connectivity index (χ2n) is 5.00. The molecule has 0 unspecified atom stereocenters. The van der Waals surface area contributed by atoms with Gasteiger partial charge in [-0.2, -0.15) is 0 Å². The maximum Gasteiger partial charge on any atom is 0.221 e. The van der Waals surface area contributed by atoms with E-state index in [4.69, 9.17) is 0 Å². The van der Waals surface area contributed by atoms with Gasteiger partial charge in [0.2, 0.25) is 5.91 Å². The minimum Gasteiger partial charge on any atom is -0.356 e. The van der Waals surface area contributed by atoms with E-state index in [1.165, 1.54) is 24.0 Å². The summed E-state index contributed by atoms with van der Waals surface area (Å²) in [7, 11) is 0. The van der Waals surface area contributed by atoms with E-state index in [-0.39, 0.29) is 5.91 Å². The number of carbonyl (C=O) groups is 1. The molecule has 1 aliphatic rings. The lowest BCUT2D eigenvalue weighted by Crippen LogP contribution is -2.29. The third-order valence-corrected chi connectivity index (χ3v) is 3.34. The highest BCUT2D eigenvalue weighted by atomic mass is 16.1. The average Bonchev–Trinajstić information content (AvgIpc) is 3.16. The topological polar surface area (TPSA) is 41.1 Å². The van der Waals surface area contributed by atoms with Gasteiger partial charge in [-0.3, -0.25) is 4.79 Å². The third kappa shape index (κ3) is 4.49. The first-order valence-electron chi connectivity index (χ1n) is 6.80. The van der Waals surface area contributed by atoms with Crippen LogP contribution in [0.2, 0.25) is 0 Å². The molecular formula is C15H22N2O. The van der Waals surface area contributed by atoms with Crippen molar-refractivity contribution < 1.29 is 4.79 Å². The summed E-state index contributed by atoms with van der Waals surface area (Å²) in [5.41, 5.74) is 2.61. The first-order chi connectivity index (χ1) is 8.75. The second-order valence-corrected chi connectivity index (χ2v) is 5.00. The number of benzene rings is 1. The van der Waals surface area contributed by atoms with E-state index in [1.54, 1.807) is 0 Å². The molecule has 0 saturated heterocycles. The summed E-state index contributed by atoms with van der Waals surface area (Å²) >= 11 is 0. The van der Waals surface area contributed by atoms with Crippen LogP contribution in [-0.4, -0.2) is 25.0 Å². The minimum absolute atomic E-state index is 0.150. The molecule has 3 heteroatoms. The molecule has 1 saturated carbocycles. The van der Waals surface area contributed by atoms with E-state index in [1.807, 2.05) is 12.1 Å². The quantitative estimate of drug-likeness (QED) is 0.770. The van der Waals surface area contributed by atoms with Crippen LogP contribution in [-0.2, 0) is 11.2 Å². The highest BCUT2D eigenvalue weighted by Gasteiger charge is 2.19. The van der Waals surface area contributed by atoms with Crippen molar-refractivity contribution in [2.75, 3.05) is 13.1 Å². The number of nitrogens with one attached hydrogen (secondary N) is 2. The van der Waals surface area contributed by atoms with Crippen LogP contribution in [0.3, 0.4) is 0 Å². The number of hydrogen-bond donors (Lipinski definition) is 2. The van der Waals surface area contributed by atoms with Gasteiger partial charge in [0.1, 0.15) is 0 Å². The lowest BCUT2D eigenvalue weighted by atomic mass is 10.1. The van der Waals surface area contributed by atoms with Crippen molar-refractivity contribution in [3.05, 3.63) is 35.4 Å². The van der Waals surface area contributed by atoms with Crippen molar-refractivity contribution in [2.45, 2.75) is 38.6 Å². The molecule has 0 atom stereocenters. The Morgan fingerprint density at radius 2 is 2.06 bits per heavy atom. The number of aryl methyl sites for hydroxylation is 1. The highest BCUT2D eigenvalue weighted by Crippen LogP contribution is 2.18. The van der Waals surface area contributed by atoms with Crippen LogP contribution in [0.5, 0.6) is 0 Å². The maximum absolute atomic E-state index is 11.6. The van der Waals surface area contributed by atoms with Gasteiger partial charge in [-0.15, -0.1) is 0 Å². The van der Waals surface area contributed by atoms with Crippen LogP contribution in [0.1, 0.15) is 30.4 Å². The maximum atomic E-state index is 11.6. The lowest BCUT2D eigenvalue weighted by Gasteiger charge is -2.07. The number of hydrogen-bond acceptors (Lipinski definition) is 2. The lowest BCUT2D eigenvalue weighted by molar-refractivity contribution is -0.120. The number of amides is 1. The molecule has 0 heterocycles. The van der Waals surface area contributed by atoms with E-state index in [2.05, 4.69) is 29.7 Å². The Bertz CT molecular complexity index is 399. The van der Waals surface area contributed by atoms with Gasteiger partial charge in [-0.05, 0) is 37.3 Å². The van der Waals surface area contributed by atoms with Gasteiger partial charge in [0.05, 0.1) is 0 Å². The van der Waals surface area contributed by atoms with Gasteiger partial charge in [0.15, 0.2) is 0 Å². The summed E-state index contributed by atoms with van der Waals surface area (Å²) in [6, 6.07) is 9.00. The molecule has 1 aliphatic carbocycles. The Morgan fingerprint density at radius 3 is 2.78 bits per heavy atom. The molecule has 3 nitrogen and oxygen atoms in total. The predicted molar refractivity (Wildman–Crippen MR) is 73.5 cm³/mol.